The van der Waals surface area contributed by atoms with Gasteiger partial charge in [-0.05, 0) is 49.0 Å². The van der Waals surface area contributed by atoms with Crippen LogP contribution in [0, 0.1) is 17.3 Å². The first-order chi connectivity index (χ1) is 8.79. The average Bonchev–Trinajstić information content (AvgIpc) is 2.66. The van der Waals surface area contributed by atoms with Crippen molar-refractivity contribution in [1.82, 2.24) is 0 Å². The van der Waals surface area contributed by atoms with Crippen LogP contribution >= 0.6 is 34.5 Å². The second kappa shape index (κ2) is 5.93. The fourth-order valence-corrected chi connectivity index (χ4v) is 4.75. The minimum absolute atomic E-state index is 0.0390. The Kier molecular flexibility index (Phi) is 4.88. The van der Waals surface area contributed by atoms with Crippen LogP contribution in [0.3, 0.4) is 0 Å². The molecule has 0 amide bonds. The summed E-state index contributed by atoms with van der Waals surface area (Å²) >= 11 is 13.6. The molecule has 1 saturated carbocycles. The van der Waals surface area contributed by atoms with Crippen LogP contribution in [0.25, 0.3) is 0 Å². The number of hydrogen-bond donors (Lipinski definition) is 1. The van der Waals surface area contributed by atoms with E-state index in [1.54, 1.807) is 0 Å². The van der Waals surface area contributed by atoms with Crippen LogP contribution in [0.2, 0.25) is 8.67 Å². The SMILES string of the molecule is CC(C)(C)C1CCC(C(N)c2cc(Cl)sc2Cl)CC1. The fourth-order valence-electron chi connectivity index (χ4n) is 3.18. The van der Waals surface area contributed by atoms with Crippen LogP contribution in [-0.4, -0.2) is 0 Å². The summed E-state index contributed by atoms with van der Waals surface area (Å²) in [4.78, 5) is 0. The van der Waals surface area contributed by atoms with Crippen molar-refractivity contribution in [2.24, 2.45) is 23.0 Å². The maximum atomic E-state index is 6.40. The third kappa shape index (κ3) is 3.66. The molecule has 1 aliphatic rings. The molecule has 1 aromatic heterocycles. The molecule has 1 aliphatic carbocycles. The standard InChI is InChI=1S/C15H23Cl2NS/c1-15(2,3)10-6-4-9(5-7-10)13(18)11-8-12(16)19-14(11)17/h8-10,13H,4-7,18H2,1-3H3. The molecule has 1 heterocycles. The fraction of sp³-hybridized carbons (Fsp3) is 0.733. The number of hydrogen-bond acceptors (Lipinski definition) is 2. The van der Waals surface area contributed by atoms with Gasteiger partial charge < -0.3 is 5.73 Å². The van der Waals surface area contributed by atoms with Gasteiger partial charge in [0.25, 0.3) is 0 Å². The topological polar surface area (TPSA) is 26.0 Å². The normalized spacial score (nSPS) is 26.4. The van der Waals surface area contributed by atoms with Crippen LogP contribution in [-0.2, 0) is 0 Å². The molecule has 0 spiro atoms. The molecule has 1 nitrogen and oxygen atoms in total. The lowest BCUT2D eigenvalue weighted by Crippen LogP contribution is -2.30. The lowest BCUT2D eigenvalue weighted by molar-refractivity contribution is 0.140. The summed E-state index contributed by atoms with van der Waals surface area (Å²) < 4.78 is 1.49. The highest BCUT2D eigenvalue weighted by Gasteiger charge is 2.33. The summed E-state index contributed by atoms with van der Waals surface area (Å²) in [6.45, 7) is 7.02. The lowest BCUT2D eigenvalue weighted by atomic mass is 9.68. The van der Waals surface area contributed by atoms with Gasteiger partial charge in [-0.3, -0.25) is 0 Å². The quantitative estimate of drug-likeness (QED) is 0.720. The van der Waals surface area contributed by atoms with Crippen LogP contribution in [0.15, 0.2) is 6.07 Å². The molecule has 1 atom stereocenters. The van der Waals surface area contributed by atoms with Gasteiger partial charge in [-0.25, -0.2) is 0 Å². The molecule has 2 rings (SSSR count). The Balaban J connectivity index is 2.00. The van der Waals surface area contributed by atoms with Crippen molar-refractivity contribution >= 4 is 34.5 Å². The molecule has 1 aromatic rings. The third-order valence-electron chi connectivity index (χ3n) is 4.55. The first kappa shape index (κ1) is 15.6. The molecule has 108 valence electrons. The molecule has 4 heteroatoms. The average molecular weight is 320 g/mol. The van der Waals surface area contributed by atoms with Crippen molar-refractivity contribution in [2.45, 2.75) is 52.5 Å². The third-order valence-corrected chi connectivity index (χ3v) is 6.06. The molecule has 0 aromatic carbocycles. The predicted molar refractivity (Wildman–Crippen MR) is 86.2 cm³/mol. The van der Waals surface area contributed by atoms with Crippen molar-refractivity contribution < 1.29 is 0 Å². The van der Waals surface area contributed by atoms with Gasteiger partial charge in [0, 0.05) is 11.6 Å². The molecule has 19 heavy (non-hydrogen) atoms. The van der Waals surface area contributed by atoms with Gasteiger partial charge in [-0.2, -0.15) is 0 Å². The summed E-state index contributed by atoms with van der Waals surface area (Å²) in [5.41, 5.74) is 7.85. The molecule has 1 unspecified atom stereocenters. The highest BCUT2D eigenvalue weighted by Crippen LogP contribution is 2.45. The van der Waals surface area contributed by atoms with E-state index in [-0.39, 0.29) is 6.04 Å². The summed E-state index contributed by atoms with van der Waals surface area (Å²) in [6.07, 6.45) is 4.95. The van der Waals surface area contributed by atoms with Gasteiger partial charge in [-0.15, -0.1) is 11.3 Å². The minimum atomic E-state index is 0.0390. The van der Waals surface area contributed by atoms with Gasteiger partial charge >= 0.3 is 0 Å². The highest BCUT2D eigenvalue weighted by molar-refractivity contribution is 7.20. The highest BCUT2D eigenvalue weighted by atomic mass is 35.5. The molecule has 0 bridgehead atoms. The monoisotopic (exact) mass is 319 g/mol. The summed E-state index contributed by atoms with van der Waals surface area (Å²) in [6, 6.07) is 1.98. The smallest absolute Gasteiger partial charge is 0.0991 e. The van der Waals surface area contributed by atoms with E-state index in [1.165, 1.54) is 37.0 Å². The van der Waals surface area contributed by atoms with Crippen molar-refractivity contribution in [3.63, 3.8) is 0 Å². The number of rotatable bonds is 2. The van der Waals surface area contributed by atoms with Crippen molar-refractivity contribution in [3.05, 3.63) is 20.3 Å². The zero-order chi connectivity index (χ0) is 14.2. The lowest BCUT2D eigenvalue weighted by Gasteiger charge is -2.38. The Bertz CT molecular complexity index is 428. The molecule has 1 fully saturated rings. The summed E-state index contributed by atoms with van der Waals surface area (Å²) in [5, 5.41) is 0. The molecule has 0 radical (unpaired) electrons. The maximum absolute atomic E-state index is 6.40. The minimum Gasteiger partial charge on any atom is -0.324 e. The van der Waals surface area contributed by atoms with Gasteiger partial charge in [0.05, 0.1) is 8.67 Å². The van der Waals surface area contributed by atoms with Gasteiger partial charge in [0.2, 0.25) is 0 Å². The molecular formula is C15H23Cl2NS. The number of thiophene rings is 1. The Morgan fingerprint density at radius 2 is 1.79 bits per heavy atom. The summed E-state index contributed by atoms with van der Waals surface area (Å²) in [7, 11) is 0. The first-order valence-electron chi connectivity index (χ1n) is 6.99. The zero-order valence-electron chi connectivity index (χ0n) is 11.9. The number of halogens is 2. The maximum Gasteiger partial charge on any atom is 0.0991 e. The Hall–Kier alpha value is 0.240. The van der Waals surface area contributed by atoms with E-state index in [9.17, 15) is 0 Å². The van der Waals surface area contributed by atoms with Crippen LogP contribution in [0.5, 0.6) is 0 Å². The molecule has 2 N–H and O–H groups in total. The first-order valence-corrected chi connectivity index (χ1v) is 8.56. The molecule has 0 saturated heterocycles. The van der Waals surface area contributed by atoms with E-state index in [0.29, 0.717) is 11.3 Å². The van der Waals surface area contributed by atoms with Gasteiger partial charge in [0.1, 0.15) is 0 Å². The Labute approximate surface area is 130 Å². The van der Waals surface area contributed by atoms with Crippen LogP contribution in [0.4, 0.5) is 0 Å². The second-order valence-corrected chi connectivity index (χ2v) is 9.07. The molecular weight excluding hydrogens is 297 g/mol. The van der Waals surface area contributed by atoms with Crippen molar-refractivity contribution in [1.29, 1.82) is 0 Å². The zero-order valence-corrected chi connectivity index (χ0v) is 14.2. The largest absolute Gasteiger partial charge is 0.324 e. The van der Waals surface area contributed by atoms with Crippen LogP contribution in [0.1, 0.15) is 58.1 Å². The van der Waals surface area contributed by atoms with E-state index in [4.69, 9.17) is 28.9 Å². The van der Waals surface area contributed by atoms with E-state index in [1.807, 2.05) is 6.07 Å². The van der Waals surface area contributed by atoms with E-state index < -0.39 is 0 Å². The predicted octanol–water partition coefficient (Wildman–Crippen LogP) is 5.91. The van der Waals surface area contributed by atoms with Crippen molar-refractivity contribution in [3.8, 4) is 0 Å². The second-order valence-electron chi connectivity index (χ2n) is 6.78. The van der Waals surface area contributed by atoms with E-state index in [0.717, 1.165) is 20.2 Å². The van der Waals surface area contributed by atoms with E-state index in [2.05, 4.69) is 20.8 Å². The van der Waals surface area contributed by atoms with Crippen molar-refractivity contribution in [2.75, 3.05) is 0 Å². The molecule has 0 aliphatic heterocycles. The van der Waals surface area contributed by atoms with Gasteiger partial charge in [-0.1, -0.05) is 44.0 Å². The Morgan fingerprint density at radius 1 is 1.21 bits per heavy atom. The Morgan fingerprint density at radius 3 is 2.21 bits per heavy atom. The van der Waals surface area contributed by atoms with Crippen LogP contribution < -0.4 is 5.73 Å². The van der Waals surface area contributed by atoms with E-state index >= 15 is 0 Å². The van der Waals surface area contributed by atoms with Gasteiger partial charge in [0.15, 0.2) is 0 Å². The summed E-state index contributed by atoms with van der Waals surface area (Å²) in [5.74, 6) is 1.36. The number of nitrogens with two attached hydrogens (primary N) is 1.